The normalized spacial score (nSPS) is 25.1. The molecule has 0 saturated carbocycles. The molecule has 0 radical (unpaired) electrons. The molecule has 0 aromatic carbocycles. The zero-order chi connectivity index (χ0) is 14.4. The summed E-state index contributed by atoms with van der Waals surface area (Å²) < 4.78 is 0. The van der Waals surface area contributed by atoms with E-state index < -0.39 is 5.97 Å². The molecule has 0 aromatic rings. The van der Waals surface area contributed by atoms with Gasteiger partial charge in [-0.1, -0.05) is 33.6 Å². The van der Waals surface area contributed by atoms with Crippen LogP contribution in [-0.2, 0) is 9.59 Å². The number of aliphatic carboxylic acids is 1. The molecule has 1 rings (SSSR count). The summed E-state index contributed by atoms with van der Waals surface area (Å²) in [6.07, 6.45) is 4.63. The van der Waals surface area contributed by atoms with Crippen molar-refractivity contribution in [1.82, 2.24) is 4.90 Å². The van der Waals surface area contributed by atoms with Crippen LogP contribution in [0.5, 0.6) is 0 Å². The number of piperidine rings is 1. The number of likely N-dealkylation sites (tertiary alicyclic amines) is 1. The third-order valence-electron chi connectivity index (χ3n) is 4.28. The van der Waals surface area contributed by atoms with Crippen LogP contribution < -0.4 is 0 Å². The van der Waals surface area contributed by atoms with Crippen LogP contribution in [0, 0.1) is 17.8 Å². The summed E-state index contributed by atoms with van der Waals surface area (Å²) in [4.78, 5) is 25.4. The third kappa shape index (κ3) is 4.22. The second-order valence-corrected chi connectivity index (χ2v) is 5.74. The first-order valence-electron chi connectivity index (χ1n) is 7.52. The Balaban J connectivity index is 2.56. The van der Waals surface area contributed by atoms with Crippen LogP contribution in [0.15, 0.2) is 0 Å². The molecule has 0 aromatic heterocycles. The van der Waals surface area contributed by atoms with Gasteiger partial charge in [-0.25, -0.2) is 0 Å². The summed E-state index contributed by atoms with van der Waals surface area (Å²) in [5, 5.41) is 9.10. The molecule has 3 unspecified atom stereocenters. The van der Waals surface area contributed by atoms with Gasteiger partial charge >= 0.3 is 5.97 Å². The zero-order valence-corrected chi connectivity index (χ0v) is 12.4. The molecule has 1 aliphatic rings. The standard InChI is InChI=1S/C15H27NO3/c1-4-6-7-12(5-2)14(17)16-9-8-13(15(18)19)11(3)10-16/h11-13H,4-10H2,1-3H3,(H,18,19). The number of carbonyl (C=O) groups is 2. The molecular formula is C15H27NO3. The number of carboxylic acids is 1. The van der Waals surface area contributed by atoms with Crippen molar-refractivity contribution in [3.8, 4) is 0 Å². The van der Waals surface area contributed by atoms with Gasteiger partial charge in [-0.15, -0.1) is 0 Å². The first-order chi connectivity index (χ1) is 9.01. The van der Waals surface area contributed by atoms with E-state index in [0.717, 1.165) is 25.7 Å². The second kappa shape index (κ2) is 7.51. The Morgan fingerprint density at radius 3 is 2.53 bits per heavy atom. The van der Waals surface area contributed by atoms with Crippen molar-refractivity contribution in [3.05, 3.63) is 0 Å². The second-order valence-electron chi connectivity index (χ2n) is 5.74. The molecule has 1 N–H and O–H groups in total. The van der Waals surface area contributed by atoms with Crippen LogP contribution in [0.2, 0.25) is 0 Å². The largest absolute Gasteiger partial charge is 0.481 e. The van der Waals surface area contributed by atoms with Gasteiger partial charge in [0.1, 0.15) is 0 Å². The summed E-state index contributed by atoms with van der Waals surface area (Å²) in [6.45, 7) is 7.33. The number of rotatable bonds is 6. The lowest BCUT2D eigenvalue weighted by molar-refractivity contribution is -0.149. The van der Waals surface area contributed by atoms with Gasteiger partial charge in [0.05, 0.1) is 5.92 Å². The lowest BCUT2D eigenvalue weighted by atomic mass is 9.86. The quantitative estimate of drug-likeness (QED) is 0.806. The van der Waals surface area contributed by atoms with Crippen LogP contribution >= 0.6 is 0 Å². The molecule has 3 atom stereocenters. The molecule has 0 bridgehead atoms. The topological polar surface area (TPSA) is 57.6 Å². The van der Waals surface area contributed by atoms with Gasteiger partial charge < -0.3 is 10.0 Å². The molecule has 1 saturated heterocycles. The molecule has 1 aliphatic heterocycles. The van der Waals surface area contributed by atoms with Crippen molar-refractivity contribution in [2.45, 2.75) is 52.9 Å². The van der Waals surface area contributed by atoms with E-state index in [4.69, 9.17) is 5.11 Å². The SMILES string of the molecule is CCCCC(CC)C(=O)N1CCC(C(=O)O)C(C)C1. The highest BCUT2D eigenvalue weighted by atomic mass is 16.4. The Morgan fingerprint density at radius 2 is 2.05 bits per heavy atom. The van der Waals surface area contributed by atoms with Crippen LogP contribution in [0.1, 0.15) is 52.9 Å². The number of unbranched alkanes of at least 4 members (excludes halogenated alkanes) is 1. The van der Waals surface area contributed by atoms with Gasteiger partial charge in [0, 0.05) is 19.0 Å². The molecule has 110 valence electrons. The van der Waals surface area contributed by atoms with Crippen LogP contribution in [0.4, 0.5) is 0 Å². The average molecular weight is 269 g/mol. The van der Waals surface area contributed by atoms with Crippen LogP contribution in [-0.4, -0.2) is 35.0 Å². The Kier molecular flexibility index (Phi) is 6.32. The Labute approximate surface area is 116 Å². The summed E-state index contributed by atoms with van der Waals surface area (Å²) in [7, 11) is 0. The predicted molar refractivity (Wildman–Crippen MR) is 74.8 cm³/mol. The van der Waals surface area contributed by atoms with Gasteiger partial charge in [0.25, 0.3) is 0 Å². The van der Waals surface area contributed by atoms with E-state index in [1.165, 1.54) is 0 Å². The van der Waals surface area contributed by atoms with E-state index in [2.05, 4.69) is 13.8 Å². The highest BCUT2D eigenvalue weighted by Gasteiger charge is 2.34. The van der Waals surface area contributed by atoms with E-state index in [9.17, 15) is 9.59 Å². The summed E-state index contributed by atoms with van der Waals surface area (Å²) in [6, 6.07) is 0. The Bertz CT molecular complexity index is 317. The highest BCUT2D eigenvalue weighted by molar-refractivity contribution is 5.79. The molecule has 4 nitrogen and oxygen atoms in total. The van der Waals surface area contributed by atoms with Gasteiger partial charge in [0.15, 0.2) is 0 Å². The van der Waals surface area contributed by atoms with Crippen LogP contribution in [0.3, 0.4) is 0 Å². The van der Waals surface area contributed by atoms with Crippen molar-refractivity contribution in [1.29, 1.82) is 0 Å². The third-order valence-corrected chi connectivity index (χ3v) is 4.28. The minimum absolute atomic E-state index is 0.0545. The van der Waals surface area contributed by atoms with Crippen molar-refractivity contribution in [3.63, 3.8) is 0 Å². The van der Waals surface area contributed by atoms with Crippen molar-refractivity contribution in [2.24, 2.45) is 17.8 Å². The van der Waals surface area contributed by atoms with Gasteiger partial charge in [-0.3, -0.25) is 9.59 Å². The fraction of sp³-hybridized carbons (Fsp3) is 0.867. The number of amides is 1. The number of carboxylic acid groups (broad SMARTS) is 1. The first kappa shape index (κ1) is 16.0. The Morgan fingerprint density at radius 1 is 1.37 bits per heavy atom. The molecular weight excluding hydrogens is 242 g/mol. The number of carbonyl (C=O) groups excluding carboxylic acids is 1. The monoisotopic (exact) mass is 269 g/mol. The lowest BCUT2D eigenvalue weighted by Gasteiger charge is -2.36. The molecule has 0 spiro atoms. The zero-order valence-electron chi connectivity index (χ0n) is 12.4. The minimum atomic E-state index is -0.724. The van der Waals surface area contributed by atoms with Crippen molar-refractivity contribution >= 4 is 11.9 Å². The molecule has 19 heavy (non-hydrogen) atoms. The number of nitrogens with zero attached hydrogens (tertiary/aromatic N) is 1. The molecule has 1 fully saturated rings. The average Bonchev–Trinajstić information content (AvgIpc) is 2.38. The summed E-state index contributed by atoms with van der Waals surface area (Å²) >= 11 is 0. The fourth-order valence-corrected chi connectivity index (χ4v) is 2.92. The van der Waals surface area contributed by atoms with Crippen LogP contribution in [0.25, 0.3) is 0 Å². The van der Waals surface area contributed by atoms with E-state index in [-0.39, 0.29) is 23.7 Å². The smallest absolute Gasteiger partial charge is 0.306 e. The molecule has 1 heterocycles. The highest BCUT2D eigenvalue weighted by Crippen LogP contribution is 2.26. The fourth-order valence-electron chi connectivity index (χ4n) is 2.92. The van der Waals surface area contributed by atoms with E-state index in [1.807, 2.05) is 11.8 Å². The first-order valence-corrected chi connectivity index (χ1v) is 7.52. The summed E-state index contributed by atoms with van der Waals surface area (Å²) in [5.74, 6) is -0.614. The van der Waals surface area contributed by atoms with E-state index in [0.29, 0.717) is 19.5 Å². The van der Waals surface area contributed by atoms with Crippen molar-refractivity contribution in [2.75, 3.05) is 13.1 Å². The Hall–Kier alpha value is -1.06. The lowest BCUT2D eigenvalue weighted by Crippen LogP contribution is -2.47. The molecule has 0 aliphatic carbocycles. The minimum Gasteiger partial charge on any atom is -0.481 e. The molecule has 1 amide bonds. The van der Waals surface area contributed by atoms with E-state index >= 15 is 0 Å². The number of hydrogen-bond donors (Lipinski definition) is 1. The van der Waals surface area contributed by atoms with Crippen molar-refractivity contribution < 1.29 is 14.7 Å². The number of hydrogen-bond acceptors (Lipinski definition) is 2. The molecule has 4 heteroatoms. The maximum Gasteiger partial charge on any atom is 0.306 e. The summed E-state index contributed by atoms with van der Waals surface area (Å²) in [5.41, 5.74) is 0. The maximum absolute atomic E-state index is 12.4. The maximum atomic E-state index is 12.4. The van der Waals surface area contributed by atoms with Gasteiger partial charge in [0.2, 0.25) is 5.91 Å². The van der Waals surface area contributed by atoms with Gasteiger partial charge in [-0.05, 0) is 25.2 Å². The van der Waals surface area contributed by atoms with Gasteiger partial charge in [-0.2, -0.15) is 0 Å². The van der Waals surface area contributed by atoms with E-state index in [1.54, 1.807) is 0 Å². The predicted octanol–water partition coefficient (Wildman–Crippen LogP) is 2.77.